The SMILES string of the molecule is N#CC(NCCCO)c1ccc(-c2ccccc2)cc1. The van der Waals surface area contributed by atoms with Crippen molar-refractivity contribution in [3.63, 3.8) is 0 Å². The van der Waals surface area contributed by atoms with Gasteiger partial charge >= 0.3 is 0 Å². The fourth-order valence-corrected chi connectivity index (χ4v) is 2.06. The van der Waals surface area contributed by atoms with Gasteiger partial charge in [0.2, 0.25) is 0 Å². The number of benzene rings is 2. The summed E-state index contributed by atoms with van der Waals surface area (Å²) >= 11 is 0. The minimum absolute atomic E-state index is 0.137. The molecule has 0 saturated carbocycles. The molecule has 1 atom stereocenters. The maximum Gasteiger partial charge on any atom is 0.121 e. The molecule has 0 aliphatic rings. The maximum atomic E-state index is 9.19. The number of hydrogen-bond donors (Lipinski definition) is 2. The summed E-state index contributed by atoms with van der Waals surface area (Å²) in [5.74, 6) is 0. The number of nitrogens with one attached hydrogen (secondary N) is 1. The molecule has 0 aliphatic carbocycles. The number of nitrogens with zero attached hydrogens (tertiary/aromatic N) is 1. The molecule has 0 fully saturated rings. The van der Waals surface area contributed by atoms with Crippen molar-refractivity contribution in [1.29, 1.82) is 5.26 Å². The third-order valence-electron chi connectivity index (χ3n) is 3.16. The van der Waals surface area contributed by atoms with E-state index >= 15 is 0 Å². The van der Waals surface area contributed by atoms with Crippen LogP contribution in [0.25, 0.3) is 11.1 Å². The van der Waals surface area contributed by atoms with Gasteiger partial charge in [-0.05, 0) is 29.7 Å². The summed E-state index contributed by atoms with van der Waals surface area (Å²) in [4.78, 5) is 0. The molecule has 0 aliphatic heterocycles. The lowest BCUT2D eigenvalue weighted by atomic mass is 10.0. The minimum Gasteiger partial charge on any atom is -0.396 e. The maximum absolute atomic E-state index is 9.19. The van der Waals surface area contributed by atoms with Crippen LogP contribution in [0, 0.1) is 11.3 Å². The van der Waals surface area contributed by atoms with Crippen LogP contribution in [0.5, 0.6) is 0 Å². The van der Waals surface area contributed by atoms with Crippen LogP contribution in [0.15, 0.2) is 54.6 Å². The molecule has 3 heteroatoms. The van der Waals surface area contributed by atoms with Gasteiger partial charge in [-0.15, -0.1) is 0 Å². The molecule has 0 saturated heterocycles. The molecular weight excluding hydrogens is 248 g/mol. The number of rotatable bonds is 6. The van der Waals surface area contributed by atoms with Crippen LogP contribution in [0.3, 0.4) is 0 Å². The monoisotopic (exact) mass is 266 g/mol. The molecule has 102 valence electrons. The highest BCUT2D eigenvalue weighted by molar-refractivity contribution is 5.63. The van der Waals surface area contributed by atoms with Crippen molar-refractivity contribution in [2.45, 2.75) is 12.5 Å². The van der Waals surface area contributed by atoms with Gasteiger partial charge < -0.3 is 5.11 Å². The molecule has 0 radical (unpaired) electrons. The van der Waals surface area contributed by atoms with Crippen molar-refractivity contribution >= 4 is 0 Å². The topological polar surface area (TPSA) is 56.0 Å². The molecule has 1 unspecified atom stereocenters. The molecule has 2 aromatic carbocycles. The van der Waals surface area contributed by atoms with Crippen molar-refractivity contribution in [3.05, 3.63) is 60.2 Å². The molecule has 3 nitrogen and oxygen atoms in total. The average Bonchev–Trinajstić information content (AvgIpc) is 2.53. The van der Waals surface area contributed by atoms with Gasteiger partial charge in [-0.3, -0.25) is 5.32 Å². The fraction of sp³-hybridized carbons (Fsp3) is 0.235. The normalized spacial score (nSPS) is 11.8. The van der Waals surface area contributed by atoms with Gasteiger partial charge in [-0.2, -0.15) is 5.26 Å². The molecule has 0 aromatic heterocycles. The minimum atomic E-state index is -0.327. The number of hydrogen-bond acceptors (Lipinski definition) is 3. The first-order chi connectivity index (χ1) is 9.85. The quantitative estimate of drug-likeness (QED) is 0.790. The number of nitriles is 1. The first-order valence-electron chi connectivity index (χ1n) is 6.74. The molecule has 2 rings (SSSR count). The summed E-state index contributed by atoms with van der Waals surface area (Å²) in [6.07, 6.45) is 0.653. The van der Waals surface area contributed by atoms with Gasteiger partial charge in [0.15, 0.2) is 0 Å². The second kappa shape index (κ2) is 7.44. The first kappa shape index (κ1) is 14.3. The lowest BCUT2D eigenvalue weighted by Gasteiger charge is -2.12. The van der Waals surface area contributed by atoms with Crippen molar-refractivity contribution in [2.24, 2.45) is 0 Å². The molecule has 0 amide bonds. The highest BCUT2D eigenvalue weighted by atomic mass is 16.3. The molecule has 2 aromatic rings. The lowest BCUT2D eigenvalue weighted by molar-refractivity contribution is 0.285. The van der Waals surface area contributed by atoms with E-state index in [9.17, 15) is 5.26 Å². The molecule has 2 N–H and O–H groups in total. The average molecular weight is 266 g/mol. The van der Waals surface area contributed by atoms with E-state index in [0.717, 1.165) is 11.1 Å². The zero-order chi connectivity index (χ0) is 14.2. The summed E-state index contributed by atoms with van der Waals surface area (Å²) in [6, 6.07) is 20.1. The zero-order valence-corrected chi connectivity index (χ0v) is 11.3. The van der Waals surface area contributed by atoms with Crippen LogP contribution in [-0.4, -0.2) is 18.3 Å². The van der Waals surface area contributed by atoms with E-state index in [2.05, 4.69) is 23.5 Å². The Morgan fingerprint density at radius 2 is 1.65 bits per heavy atom. The summed E-state index contributed by atoms with van der Waals surface area (Å²) in [7, 11) is 0. The molecule has 20 heavy (non-hydrogen) atoms. The molecular formula is C17H18N2O. The third-order valence-corrected chi connectivity index (χ3v) is 3.16. The van der Waals surface area contributed by atoms with Crippen LogP contribution in [0.4, 0.5) is 0 Å². The second-order valence-corrected chi connectivity index (χ2v) is 4.58. The summed E-state index contributed by atoms with van der Waals surface area (Å²) in [5.41, 5.74) is 3.26. The summed E-state index contributed by atoms with van der Waals surface area (Å²) in [5, 5.41) is 21.1. The van der Waals surface area contributed by atoms with Gasteiger partial charge in [0.1, 0.15) is 6.04 Å². The van der Waals surface area contributed by atoms with Gasteiger partial charge in [-0.1, -0.05) is 54.6 Å². The predicted octanol–water partition coefficient (Wildman–Crippen LogP) is 2.89. The van der Waals surface area contributed by atoms with E-state index in [1.54, 1.807) is 0 Å². The van der Waals surface area contributed by atoms with Crippen molar-refractivity contribution < 1.29 is 5.11 Å². The van der Waals surface area contributed by atoms with E-state index in [4.69, 9.17) is 5.11 Å². The molecule has 0 bridgehead atoms. The largest absolute Gasteiger partial charge is 0.396 e. The van der Waals surface area contributed by atoms with E-state index in [1.165, 1.54) is 5.56 Å². The fourth-order valence-electron chi connectivity index (χ4n) is 2.06. The predicted molar refractivity (Wildman–Crippen MR) is 79.9 cm³/mol. The summed E-state index contributed by atoms with van der Waals surface area (Å²) < 4.78 is 0. The highest BCUT2D eigenvalue weighted by Crippen LogP contribution is 2.21. The smallest absolute Gasteiger partial charge is 0.121 e. The Kier molecular flexibility index (Phi) is 5.31. The Balaban J connectivity index is 2.09. The standard InChI is InChI=1S/C17H18N2O/c18-13-17(19-11-4-12-20)16-9-7-15(8-10-16)14-5-2-1-3-6-14/h1-3,5-10,17,19-20H,4,11-12H2. The van der Waals surface area contributed by atoms with E-state index < -0.39 is 0 Å². The van der Waals surface area contributed by atoms with Crippen LogP contribution >= 0.6 is 0 Å². The molecule has 0 spiro atoms. The van der Waals surface area contributed by atoms with E-state index in [-0.39, 0.29) is 12.6 Å². The highest BCUT2D eigenvalue weighted by Gasteiger charge is 2.09. The first-order valence-corrected chi connectivity index (χ1v) is 6.74. The van der Waals surface area contributed by atoms with Crippen LogP contribution in [0.2, 0.25) is 0 Å². The second-order valence-electron chi connectivity index (χ2n) is 4.58. The lowest BCUT2D eigenvalue weighted by Crippen LogP contribution is -2.21. The Bertz CT molecular complexity index is 558. The van der Waals surface area contributed by atoms with Gasteiger partial charge in [0.25, 0.3) is 0 Å². The van der Waals surface area contributed by atoms with Gasteiger partial charge in [0, 0.05) is 6.61 Å². The van der Waals surface area contributed by atoms with E-state index in [1.807, 2.05) is 42.5 Å². The Hall–Kier alpha value is -2.15. The number of aliphatic hydroxyl groups excluding tert-OH is 1. The van der Waals surface area contributed by atoms with Gasteiger partial charge in [0.05, 0.1) is 6.07 Å². The van der Waals surface area contributed by atoms with Crippen molar-refractivity contribution in [3.8, 4) is 17.2 Å². The van der Waals surface area contributed by atoms with Crippen LogP contribution < -0.4 is 5.32 Å². The Morgan fingerprint density at radius 1 is 1.00 bits per heavy atom. The third kappa shape index (κ3) is 3.67. The van der Waals surface area contributed by atoms with Crippen LogP contribution in [-0.2, 0) is 0 Å². The van der Waals surface area contributed by atoms with Crippen molar-refractivity contribution in [2.75, 3.05) is 13.2 Å². The summed E-state index contributed by atoms with van der Waals surface area (Å²) in [6.45, 7) is 0.771. The van der Waals surface area contributed by atoms with Crippen molar-refractivity contribution in [1.82, 2.24) is 5.32 Å². The van der Waals surface area contributed by atoms with E-state index in [0.29, 0.717) is 13.0 Å². The molecule has 0 heterocycles. The zero-order valence-electron chi connectivity index (χ0n) is 11.3. The number of aliphatic hydroxyl groups is 1. The van der Waals surface area contributed by atoms with Crippen LogP contribution in [0.1, 0.15) is 18.0 Å². The van der Waals surface area contributed by atoms with Gasteiger partial charge in [-0.25, -0.2) is 0 Å². The Morgan fingerprint density at radius 3 is 2.25 bits per heavy atom. The Labute approximate surface area is 119 Å².